The Hall–Kier alpha value is -1.68. The number of carbonyl (C=O) groups excluding carboxylic acids is 2. The van der Waals surface area contributed by atoms with Gasteiger partial charge in [-0.05, 0) is 44.7 Å². The summed E-state index contributed by atoms with van der Waals surface area (Å²) in [5, 5.41) is 2.87. The quantitative estimate of drug-likeness (QED) is 0.684. The van der Waals surface area contributed by atoms with Crippen molar-refractivity contribution in [1.82, 2.24) is 5.32 Å². The lowest BCUT2D eigenvalue weighted by molar-refractivity contribution is -0.129. The Morgan fingerprint density at radius 3 is 2.43 bits per heavy atom. The van der Waals surface area contributed by atoms with E-state index in [-0.39, 0.29) is 23.7 Å². The lowest BCUT2D eigenvalue weighted by Crippen LogP contribution is -2.42. The Kier molecular flexibility index (Phi) is 7.69. The molecule has 0 radical (unpaired) electrons. The van der Waals surface area contributed by atoms with Crippen molar-refractivity contribution in [1.29, 1.82) is 0 Å². The maximum absolute atomic E-state index is 12.2. The third-order valence-corrected chi connectivity index (χ3v) is 3.59. The number of unbranched alkanes of at least 4 members (excludes halogenated alkanes) is 1. The summed E-state index contributed by atoms with van der Waals surface area (Å²) in [6.45, 7) is 4.03. The number of carbonyl (C=O) groups is 2. The number of rotatable bonds is 9. The fraction of sp³-hybridized carbons (Fsp3) is 0.529. The largest absolute Gasteiger partial charge is 0.346 e. The number of hydrogen-bond donors (Lipinski definition) is 2. The molecule has 0 aliphatic heterocycles. The van der Waals surface area contributed by atoms with E-state index in [0.717, 1.165) is 18.4 Å². The van der Waals surface area contributed by atoms with Gasteiger partial charge in [-0.3, -0.25) is 9.59 Å². The first-order valence-electron chi connectivity index (χ1n) is 7.59. The first-order chi connectivity index (χ1) is 10.0. The van der Waals surface area contributed by atoms with Gasteiger partial charge >= 0.3 is 0 Å². The zero-order valence-corrected chi connectivity index (χ0v) is 13.0. The van der Waals surface area contributed by atoms with Crippen LogP contribution in [0.1, 0.15) is 38.7 Å². The number of hydrogen-bond acceptors (Lipinski definition) is 3. The van der Waals surface area contributed by atoms with E-state index in [2.05, 4.69) is 5.32 Å². The van der Waals surface area contributed by atoms with Crippen molar-refractivity contribution >= 4 is 11.7 Å². The number of ketones is 1. The van der Waals surface area contributed by atoms with Crippen LogP contribution in [0.2, 0.25) is 0 Å². The van der Waals surface area contributed by atoms with Crippen LogP contribution in [0.5, 0.6) is 0 Å². The Morgan fingerprint density at radius 1 is 1.19 bits per heavy atom. The van der Waals surface area contributed by atoms with Crippen LogP contribution in [0.25, 0.3) is 0 Å². The first kappa shape index (κ1) is 17.4. The normalized spacial score (nSPS) is 13.5. The van der Waals surface area contributed by atoms with Crippen molar-refractivity contribution < 1.29 is 9.59 Å². The molecule has 0 aliphatic carbocycles. The van der Waals surface area contributed by atoms with Gasteiger partial charge in [0.15, 0.2) is 5.78 Å². The summed E-state index contributed by atoms with van der Waals surface area (Å²) in [4.78, 5) is 23.8. The van der Waals surface area contributed by atoms with Crippen molar-refractivity contribution in [3.05, 3.63) is 35.9 Å². The monoisotopic (exact) mass is 290 g/mol. The van der Waals surface area contributed by atoms with E-state index in [1.807, 2.05) is 37.3 Å². The van der Waals surface area contributed by atoms with Crippen molar-refractivity contribution in [2.45, 2.75) is 45.6 Å². The van der Waals surface area contributed by atoms with Gasteiger partial charge in [0.1, 0.15) is 0 Å². The Morgan fingerprint density at radius 2 is 1.86 bits per heavy atom. The second-order valence-corrected chi connectivity index (χ2v) is 5.55. The van der Waals surface area contributed by atoms with Gasteiger partial charge in [-0.15, -0.1) is 0 Å². The summed E-state index contributed by atoms with van der Waals surface area (Å²) >= 11 is 0. The van der Waals surface area contributed by atoms with Crippen molar-refractivity contribution in [3.63, 3.8) is 0 Å². The second kappa shape index (κ2) is 9.29. The molecule has 0 heterocycles. The molecular formula is C17H26N2O2. The lowest BCUT2D eigenvalue weighted by atomic mass is 9.99. The number of benzene rings is 1. The molecule has 4 heteroatoms. The minimum absolute atomic E-state index is 0.00674. The molecule has 21 heavy (non-hydrogen) atoms. The van der Waals surface area contributed by atoms with Gasteiger partial charge in [0.05, 0.1) is 6.04 Å². The Balaban J connectivity index is 2.50. The molecule has 0 aromatic heterocycles. The highest BCUT2D eigenvalue weighted by molar-refractivity contribution is 5.88. The lowest BCUT2D eigenvalue weighted by Gasteiger charge is -2.19. The highest BCUT2D eigenvalue weighted by atomic mass is 16.2. The van der Waals surface area contributed by atoms with Gasteiger partial charge in [-0.1, -0.05) is 37.3 Å². The molecule has 0 saturated heterocycles. The molecule has 116 valence electrons. The average molecular weight is 290 g/mol. The van der Waals surface area contributed by atoms with Crippen LogP contribution >= 0.6 is 0 Å². The fourth-order valence-electron chi connectivity index (χ4n) is 2.24. The van der Waals surface area contributed by atoms with Crippen LogP contribution < -0.4 is 11.1 Å². The molecule has 1 amide bonds. The topological polar surface area (TPSA) is 72.2 Å². The number of amides is 1. The molecule has 0 saturated carbocycles. The molecule has 2 atom stereocenters. The third-order valence-electron chi connectivity index (χ3n) is 3.59. The molecule has 2 unspecified atom stereocenters. The predicted octanol–water partition coefficient (Wildman–Crippen LogP) is 2.07. The van der Waals surface area contributed by atoms with Crippen LogP contribution in [0.4, 0.5) is 0 Å². The molecule has 0 aliphatic rings. The van der Waals surface area contributed by atoms with E-state index in [4.69, 9.17) is 5.73 Å². The molecule has 4 nitrogen and oxygen atoms in total. The number of nitrogens with one attached hydrogen (secondary N) is 1. The minimum Gasteiger partial charge on any atom is -0.346 e. The summed E-state index contributed by atoms with van der Waals surface area (Å²) in [6, 6.07) is 9.51. The standard InChI is InChI=1S/C17H26N2O2/c1-13(12-15-8-4-3-5-9-15)17(21)19-16(14(2)20)10-6-7-11-18/h3-5,8-9,13,16H,6-7,10-12,18H2,1-2H3,(H,19,21). The minimum atomic E-state index is -0.387. The predicted molar refractivity (Wildman–Crippen MR) is 84.8 cm³/mol. The van der Waals surface area contributed by atoms with Crippen LogP contribution in [0.3, 0.4) is 0 Å². The fourth-order valence-corrected chi connectivity index (χ4v) is 2.24. The van der Waals surface area contributed by atoms with Crippen molar-refractivity contribution in [2.24, 2.45) is 11.7 Å². The van der Waals surface area contributed by atoms with E-state index in [9.17, 15) is 9.59 Å². The average Bonchev–Trinajstić information content (AvgIpc) is 2.47. The molecule has 1 rings (SSSR count). The zero-order chi connectivity index (χ0) is 15.7. The molecular weight excluding hydrogens is 264 g/mol. The zero-order valence-electron chi connectivity index (χ0n) is 13.0. The van der Waals surface area contributed by atoms with Gasteiger partial charge in [-0.25, -0.2) is 0 Å². The summed E-state index contributed by atoms with van der Waals surface area (Å²) in [5.74, 6) is -0.206. The molecule has 0 spiro atoms. The molecule has 1 aromatic carbocycles. The third kappa shape index (κ3) is 6.54. The van der Waals surface area contributed by atoms with Gasteiger partial charge in [-0.2, -0.15) is 0 Å². The Bertz CT molecular complexity index is 445. The molecule has 3 N–H and O–H groups in total. The summed E-state index contributed by atoms with van der Waals surface area (Å²) in [6.07, 6.45) is 3.07. The van der Waals surface area contributed by atoms with Crippen LogP contribution in [-0.2, 0) is 16.0 Å². The van der Waals surface area contributed by atoms with Crippen LogP contribution in [0, 0.1) is 5.92 Å². The summed E-state index contributed by atoms with van der Waals surface area (Å²) in [5.41, 5.74) is 6.58. The van der Waals surface area contributed by atoms with Gasteiger partial charge in [0.2, 0.25) is 5.91 Å². The molecule has 0 fully saturated rings. The van der Waals surface area contributed by atoms with Gasteiger partial charge in [0.25, 0.3) is 0 Å². The van der Waals surface area contributed by atoms with E-state index in [1.54, 1.807) is 0 Å². The van der Waals surface area contributed by atoms with Crippen molar-refractivity contribution in [3.8, 4) is 0 Å². The second-order valence-electron chi connectivity index (χ2n) is 5.55. The van der Waals surface area contributed by atoms with Crippen LogP contribution in [-0.4, -0.2) is 24.3 Å². The van der Waals surface area contributed by atoms with E-state index >= 15 is 0 Å². The smallest absolute Gasteiger partial charge is 0.223 e. The summed E-state index contributed by atoms with van der Waals surface area (Å²) < 4.78 is 0. The van der Waals surface area contributed by atoms with Crippen molar-refractivity contribution in [2.75, 3.05) is 6.54 Å². The SMILES string of the molecule is CC(=O)C(CCCCN)NC(=O)C(C)Cc1ccccc1. The number of nitrogens with two attached hydrogens (primary N) is 1. The molecule has 1 aromatic rings. The van der Waals surface area contributed by atoms with E-state index < -0.39 is 0 Å². The summed E-state index contributed by atoms with van der Waals surface area (Å²) in [7, 11) is 0. The highest BCUT2D eigenvalue weighted by Gasteiger charge is 2.20. The first-order valence-corrected chi connectivity index (χ1v) is 7.59. The number of Topliss-reactive ketones (excluding diaryl/α,β-unsaturated/α-hetero) is 1. The van der Waals surface area contributed by atoms with Gasteiger partial charge in [0, 0.05) is 5.92 Å². The Labute approximate surface area is 127 Å². The maximum atomic E-state index is 12.2. The van der Waals surface area contributed by atoms with E-state index in [0.29, 0.717) is 19.4 Å². The molecule has 0 bridgehead atoms. The maximum Gasteiger partial charge on any atom is 0.223 e. The van der Waals surface area contributed by atoms with Crippen LogP contribution in [0.15, 0.2) is 30.3 Å². The van der Waals surface area contributed by atoms with Gasteiger partial charge < -0.3 is 11.1 Å². The van der Waals surface area contributed by atoms with E-state index in [1.165, 1.54) is 6.92 Å². The highest BCUT2D eigenvalue weighted by Crippen LogP contribution is 2.10.